The van der Waals surface area contributed by atoms with Crippen molar-refractivity contribution in [1.82, 2.24) is 5.32 Å². The van der Waals surface area contributed by atoms with Gasteiger partial charge in [-0.05, 0) is 62.6 Å². The quantitative estimate of drug-likeness (QED) is 0.838. The molecule has 0 bridgehead atoms. The van der Waals surface area contributed by atoms with Crippen molar-refractivity contribution < 1.29 is 5.11 Å². The van der Waals surface area contributed by atoms with Crippen LogP contribution in [0.5, 0.6) is 0 Å². The molecule has 2 rings (SSSR count). The molecular weight excluding hydrogens is 222 g/mol. The number of hydrogen-bond donors (Lipinski definition) is 2. The highest BCUT2D eigenvalue weighted by Crippen LogP contribution is 2.25. The molecule has 2 unspecified atom stereocenters. The van der Waals surface area contributed by atoms with Crippen LogP contribution in [0.2, 0.25) is 0 Å². The lowest BCUT2D eigenvalue weighted by molar-refractivity contribution is 0.264. The van der Waals surface area contributed by atoms with E-state index in [1.807, 2.05) is 0 Å². The highest BCUT2D eigenvalue weighted by molar-refractivity contribution is 5.35. The van der Waals surface area contributed by atoms with Gasteiger partial charge in [0.25, 0.3) is 0 Å². The molecule has 0 saturated heterocycles. The third-order valence-corrected chi connectivity index (χ3v) is 3.97. The number of aliphatic hydroxyl groups excluding tert-OH is 1. The Balaban J connectivity index is 2.04. The Hall–Kier alpha value is -0.860. The zero-order chi connectivity index (χ0) is 13.0. The molecular formula is C16H25NO. The topological polar surface area (TPSA) is 32.3 Å². The molecule has 2 N–H and O–H groups in total. The van der Waals surface area contributed by atoms with E-state index in [-0.39, 0.29) is 6.61 Å². The summed E-state index contributed by atoms with van der Waals surface area (Å²) in [5.41, 5.74) is 4.46. The molecule has 0 fully saturated rings. The molecule has 18 heavy (non-hydrogen) atoms. The SMILES string of the molecule is CC(CCO)NC(C)c1ccc2c(c1)CCCC2. The first kappa shape index (κ1) is 13.6. The Morgan fingerprint density at radius 1 is 1.17 bits per heavy atom. The maximum atomic E-state index is 8.94. The number of rotatable bonds is 5. The summed E-state index contributed by atoms with van der Waals surface area (Å²) >= 11 is 0. The lowest BCUT2D eigenvalue weighted by Gasteiger charge is -2.22. The summed E-state index contributed by atoms with van der Waals surface area (Å²) in [6, 6.07) is 7.66. The zero-order valence-corrected chi connectivity index (χ0v) is 11.6. The highest BCUT2D eigenvalue weighted by atomic mass is 16.3. The van der Waals surface area contributed by atoms with E-state index in [9.17, 15) is 0 Å². The van der Waals surface area contributed by atoms with E-state index in [1.165, 1.54) is 31.2 Å². The van der Waals surface area contributed by atoms with E-state index in [4.69, 9.17) is 5.11 Å². The molecule has 0 heterocycles. The summed E-state index contributed by atoms with van der Waals surface area (Å²) in [4.78, 5) is 0. The van der Waals surface area contributed by atoms with Crippen LogP contribution in [0.4, 0.5) is 0 Å². The van der Waals surface area contributed by atoms with Crippen LogP contribution in [0, 0.1) is 0 Å². The molecule has 1 aromatic carbocycles. The predicted octanol–water partition coefficient (Wildman–Crippen LogP) is 2.99. The van der Waals surface area contributed by atoms with Gasteiger partial charge in [-0.2, -0.15) is 0 Å². The van der Waals surface area contributed by atoms with Gasteiger partial charge in [0.05, 0.1) is 0 Å². The van der Waals surface area contributed by atoms with Gasteiger partial charge >= 0.3 is 0 Å². The second-order valence-corrected chi connectivity index (χ2v) is 5.54. The highest BCUT2D eigenvalue weighted by Gasteiger charge is 2.13. The van der Waals surface area contributed by atoms with Crippen LogP contribution in [0.1, 0.15) is 55.8 Å². The van der Waals surface area contributed by atoms with Crippen molar-refractivity contribution in [2.45, 2.75) is 58.0 Å². The van der Waals surface area contributed by atoms with Gasteiger partial charge in [0, 0.05) is 18.7 Å². The second-order valence-electron chi connectivity index (χ2n) is 5.54. The molecule has 0 aromatic heterocycles. The molecule has 0 amide bonds. The molecule has 2 nitrogen and oxygen atoms in total. The van der Waals surface area contributed by atoms with Gasteiger partial charge in [0.2, 0.25) is 0 Å². The van der Waals surface area contributed by atoms with Crippen molar-refractivity contribution in [2.24, 2.45) is 0 Å². The number of benzene rings is 1. The summed E-state index contributed by atoms with van der Waals surface area (Å²) in [6.45, 7) is 4.59. The zero-order valence-electron chi connectivity index (χ0n) is 11.6. The third-order valence-electron chi connectivity index (χ3n) is 3.97. The first-order valence-corrected chi connectivity index (χ1v) is 7.19. The largest absolute Gasteiger partial charge is 0.396 e. The second kappa shape index (κ2) is 6.35. The van der Waals surface area contributed by atoms with Crippen molar-refractivity contribution in [1.29, 1.82) is 0 Å². The summed E-state index contributed by atoms with van der Waals surface area (Å²) in [7, 11) is 0. The lowest BCUT2D eigenvalue weighted by atomic mass is 9.89. The first-order chi connectivity index (χ1) is 8.70. The Bertz CT molecular complexity index is 389. The van der Waals surface area contributed by atoms with Crippen molar-refractivity contribution in [2.75, 3.05) is 6.61 Å². The van der Waals surface area contributed by atoms with E-state index in [1.54, 1.807) is 11.1 Å². The van der Waals surface area contributed by atoms with Gasteiger partial charge in [0.1, 0.15) is 0 Å². The van der Waals surface area contributed by atoms with Gasteiger partial charge in [-0.1, -0.05) is 18.2 Å². The molecule has 1 aliphatic rings. The van der Waals surface area contributed by atoms with Crippen molar-refractivity contribution in [3.8, 4) is 0 Å². The standard InChI is InChI=1S/C16H25NO/c1-12(9-10-18)17-13(2)15-8-7-14-5-3-4-6-16(14)11-15/h7-8,11-13,17-18H,3-6,9-10H2,1-2H3. The van der Waals surface area contributed by atoms with Crippen LogP contribution in [0.3, 0.4) is 0 Å². The number of hydrogen-bond acceptors (Lipinski definition) is 2. The molecule has 0 aliphatic heterocycles. The first-order valence-electron chi connectivity index (χ1n) is 7.19. The van der Waals surface area contributed by atoms with E-state index in [2.05, 4.69) is 37.4 Å². The summed E-state index contributed by atoms with van der Waals surface area (Å²) in [6.07, 6.45) is 5.97. The molecule has 0 saturated carbocycles. The van der Waals surface area contributed by atoms with Crippen LogP contribution >= 0.6 is 0 Å². The third kappa shape index (κ3) is 3.33. The van der Waals surface area contributed by atoms with E-state index in [0.29, 0.717) is 12.1 Å². The van der Waals surface area contributed by atoms with Gasteiger partial charge in [-0.15, -0.1) is 0 Å². The fraction of sp³-hybridized carbons (Fsp3) is 0.625. The summed E-state index contributed by atoms with van der Waals surface area (Å²) in [5, 5.41) is 12.5. The van der Waals surface area contributed by atoms with E-state index >= 15 is 0 Å². The number of aryl methyl sites for hydroxylation is 2. The van der Waals surface area contributed by atoms with Crippen molar-refractivity contribution in [3.05, 3.63) is 34.9 Å². The minimum atomic E-state index is 0.255. The Morgan fingerprint density at radius 3 is 2.61 bits per heavy atom. The van der Waals surface area contributed by atoms with Gasteiger partial charge < -0.3 is 10.4 Å². The van der Waals surface area contributed by atoms with E-state index in [0.717, 1.165) is 6.42 Å². The maximum absolute atomic E-state index is 8.94. The maximum Gasteiger partial charge on any atom is 0.0445 e. The monoisotopic (exact) mass is 247 g/mol. The van der Waals surface area contributed by atoms with E-state index < -0.39 is 0 Å². The fourth-order valence-corrected chi connectivity index (χ4v) is 2.82. The fourth-order valence-electron chi connectivity index (χ4n) is 2.82. The number of fused-ring (bicyclic) bond motifs is 1. The molecule has 2 heteroatoms. The number of aliphatic hydroxyl groups is 1. The molecule has 2 atom stereocenters. The van der Waals surface area contributed by atoms with Crippen molar-refractivity contribution in [3.63, 3.8) is 0 Å². The number of nitrogens with one attached hydrogen (secondary N) is 1. The lowest BCUT2D eigenvalue weighted by Crippen LogP contribution is -2.29. The smallest absolute Gasteiger partial charge is 0.0445 e. The molecule has 0 spiro atoms. The molecule has 0 radical (unpaired) electrons. The van der Waals surface area contributed by atoms with Crippen LogP contribution < -0.4 is 5.32 Å². The molecule has 1 aliphatic carbocycles. The normalized spacial score (nSPS) is 18.2. The summed E-state index contributed by atoms with van der Waals surface area (Å²) in [5.74, 6) is 0. The van der Waals surface area contributed by atoms with Crippen LogP contribution in [0.15, 0.2) is 18.2 Å². The van der Waals surface area contributed by atoms with Gasteiger partial charge in [0.15, 0.2) is 0 Å². The average Bonchev–Trinajstić information content (AvgIpc) is 2.38. The molecule has 1 aromatic rings. The average molecular weight is 247 g/mol. The summed E-state index contributed by atoms with van der Waals surface area (Å²) < 4.78 is 0. The van der Waals surface area contributed by atoms with Crippen LogP contribution in [-0.2, 0) is 12.8 Å². The Kier molecular flexibility index (Phi) is 4.79. The molecule has 100 valence electrons. The van der Waals surface area contributed by atoms with Crippen LogP contribution in [0.25, 0.3) is 0 Å². The van der Waals surface area contributed by atoms with Gasteiger partial charge in [-0.25, -0.2) is 0 Å². The minimum Gasteiger partial charge on any atom is -0.396 e. The predicted molar refractivity (Wildman–Crippen MR) is 75.8 cm³/mol. The minimum absolute atomic E-state index is 0.255. The van der Waals surface area contributed by atoms with Crippen LogP contribution in [-0.4, -0.2) is 17.8 Å². The Morgan fingerprint density at radius 2 is 1.89 bits per heavy atom. The van der Waals surface area contributed by atoms with Crippen molar-refractivity contribution >= 4 is 0 Å². The van der Waals surface area contributed by atoms with Gasteiger partial charge in [-0.3, -0.25) is 0 Å². The Labute approximate surface area is 110 Å².